The second-order valence-corrected chi connectivity index (χ2v) is 3.78. The lowest BCUT2D eigenvalue weighted by atomic mass is 10.2. The first kappa shape index (κ1) is 11.6. The molecule has 17 heavy (non-hydrogen) atoms. The van der Waals surface area contributed by atoms with Crippen molar-refractivity contribution in [3.63, 3.8) is 0 Å². The lowest BCUT2D eigenvalue weighted by Gasteiger charge is -2.34. The highest BCUT2D eigenvalue weighted by Crippen LogP contribution is 2.15. The maximum atomic E-state index is 10.8. The molecule has 5 nitrogen and oxygen atoms in total. The first-order valence-electron chi connectivity index (χ1n) is 5.51. The fourth-order valence-corrected chi connectivity index (χ4v) is 1.83. The number of carbonyl (C=O) groups excluding carboxylic acids is 2. The smallest absolute Gasteiger partial charge is 0.369 e. The van der Waals surface area contributed by atoms with Gasteiger partial charge >= 0.3 is 5.97 Å². The maximum Gasteiger partial charge on any atom is 0.390 e. The van der Waals surface area contributed by atoms with E-state index < -0.39 is 5.97 Å². The molecule has 0 bridgehead atoms. The van der Waals surface area contributed by atoms with Crippen molar-refractivity contribution in [3.05, 3.63) is 30.3 Å². The SMILES string of the molecule is O=CC(=O)ON1CCN(c2ccccc2)CC1. The number of para-hydroxylation sites is 1. The number of nitrogens with zero attached hydrogens (tertiary/aromatic N) is 2. The molecule has 1 saturated heterocycles. The van der Waals surface area contributed by atoms with Gasteiger partial charge in [-0.15, -0.1) is 5.06 Å². The number of hydroxylamine groups is 2. The van der Waals surface area contributed by atoms with E-state index in [-0.39, 0.29) is 6.29 Å². The van der Waals surface area contributed by atoms with E-state index in [1.807, 2.05) is 30.3 Å². The third kappa shape index (κ3) is 3.04. The predicted molar refractivity (Wildman–Crippen MR) is 62.4 cm³/mol. The standard InChI is InChI=1S/C12H14N2O3/c15-10-12(16)17-14-8-6-13(7-9-14)11-4-2-1-3-5-11/h1-5,10H,6-9H2. The first-order chi connectivity index (χ1) is 8.29. The van der Waals surface area contributed by atoms with Gasteiger partial charge in [-0.3, -0.25) is 4.79 Å². The van der Waals surface area contributed by atoms with Gasteiger partial charge in [-0.05, 0) is 12.1 Å². The molecule has 1 aliphatic rings. The molecule has 0 aromatic heterocycles. The second-order valence-electron chi connectivity index (χ2n) is 3.78. The van der Waals surface area contributed by atoms with Crippen LogP contribution in [-0.2, 0) is 14.4 Å². The van der Waals surface area contributed by atoms with Crippen molar-refractivity contribution in [2.24, 2.45) is 0 Å². The van der Waals surface area contributed by atoms with Gasteiger partial charge in [0, 0.05) is 18.8 Å². The van der Waals surface area contributed by atoms with Crippen molar-refractivity contribution in [1.82, 2.24) is 5.06 Å². The Morgan fingerprint density at radius 1 is 1.12 bits per heavy atom. The van der Waals surface area contributed by atoms with Crippen LogP contribution in [-0.4, -0.2) is 43.5 Å². The zero-order valence-electron chi connectivity index (χ0n) is 9.41. The Bertz CT molecular complexity index is 386. The van der Waals surface area contributed by atoms with Crippen molar-refractivity contribution < 1.29 is 14.4 Å². The molecule has 0 aliphatic carbocycles. The summed E-state index contributed by atoms with van der Waals surface area (Å²) in [7, 11) is 0. The molecule has 0 saturated carbocycles. The number of hydrogen-bond donors (Lipinski definition) is 0. The van der Waals surface area contributed by atoms with Gasteiger partial charge < -0.3 is 9.74 Å². The maximum absolute atomic E-state index is 10.8. The van der Waals surface area contributed by atoms with Crippen LogP contribution in [0.1, 0.15) is 0 Å². The highest BCUT2D eigenvalue weighted by molar-refractivity contribution is 6.20. The van der Waals surface area contributed by atoms with Gasteiger partial charge in [0.2, 0.25) is 6.29 Å². The van der Waals surface area contributed by atoms with E-state index >= 15 is 0 Å². The summed E-state index contributed by atoms with van der Waals surface area (Å²) in [6.45, 7) is 2.76. The van der Waals surface area contributed by atoms with Crippen molar-refractivity contribution >= 4 is 17.9 Å². The Balaban J connectivity index is 1.86. The van der Waals surface area contributed by atoms with Gasteiger partial charge in [0.05, 0.1) is 13.1 Å². The Labute approximate surface area is 99.5 Å². The van der Waals surface area contributed by atoms with E-state index in [0.29, 0.717) is 13.1 Å². The van der Waals surface area contributed by atoms with E-state index in [9.17, 15) is 9.59 Å². The van der Waals surface area contributed by atoms with Crippen molar-refractivity contribution in [2.45, 2.75) is 0 Å². The molecule has 5 heteroatoms. The zero-order chi connectivity index (χ0) is 12.1. The molecule has 1 aliphatic heterocycles. The summed E-state index contributed by atoms with van der Waals surface area (Å²) in [4.78, 5) is 28.0. The largest absolute Gasteiger partial charge is 0.390 e. The summed E-state index contributed by atoms with van der Waals surface area (Å²) in [5.74, 6) is -0.835. The molecule has 2 rings (SSSR count). The molecule has 0 atom stereocenters. The molecule has 90 valence electrons. The normalized spacial score (nSPS) is 16.6. The van der Waals surface area contributed by atoms with Crippen LogP contribution in [0.2, 0.25) is 0 Å². The van der Waals surface area contributed by atoms with Crippen LogP contribution in [0.15, 0.2) is 30.3 Å². The summed E-state index contributed by atoms with van der Waals surface area (Å²) in [5, 5.41) is 1.52. The van der Waals surface area contributed by atoms with Crippen LogP contribution in [0.25, 0.3) is 0 Å². The van der Waals surface area contributed by atoms with Gasteiger partial charge in [0.1, 0.15) is 0 Å². The number of rotatable bonds is 3. The Morgan fingerprint density at radius 2 is 1.76 bits per heavy atom. The molecule has 0 radical (unpaired) electrons. The van der Waals surface area contributed by atoms with Crippen LogP contribution in [0.4, 0.5) is 5.69 Å². The lowest BCUT2D eigenvalue weighted by molar-refractivity contribution is -0.190. The van der Waals surface area contributed by atoms with E-state index in [0.717, 1.165) is 18.8 Å². The van der Waals surface area contributed by atoms with Crippen LogP contribution in [0, 0.1) is 0 Å². The minimum atomic E-state index is -0.835. The zero-order valence-corrected chi connectivity index (χ0v) is 9.41. The van der Waals surface area contributed by atoms with Crippen LogP contribution in [0.5, 0.6) is 0 Å². The minimum Gasteiger partial charge on any atom is -0.369 e. The highest BCUT2D eigenvalue weighted by Gasteiger charge is 2.19. The van der Waals surface area contributed by atoms with Gasteiger partial charge in [0.15, 0.2) is 0 Å². The third-order valence-electron chi connectivity index (χ3n) is 2.68. The number of piperazine rings is 1. The van der Waals surface area contributed by atoms with Gasteiger partial charge in [-0.25, -0.2) is 4.79 Å². The number of hydrogen-bond acceptors (Lipinski definition) is 5. The monoisotopic (exact) mass is 234 g/mol. The summed E-state index contributed by atoms with van der Waals surface area (Å²) < 4.78 is 0. The average Bonchev–Trinajstić information content (AvgIpc) is 2.40. The van der Waals surface area contributed by atoms with Crippen molar-refractivity contribution in [1.29, 1.82) is 0 Å². The first-order valence-corrected chi connectivity index (χ1v) is 5.51. The molecule has 0 N–H and O–H groups in total. The van der Waals surface area contributed by atoms with E-state index in [1.165, 1.54) is 5.06 Å². The van der Waals surface area contributed by atoms with Crippen LogP contribution >= 0.6 is 0 Å². The van der Waals surface area contributed by atoms with E-state index in [1.54, 1.807) is 0 Å². The Morgan fingerprint density at radius 3 is 2.35 bits per heavy atom. The van der Waals surface area contributed by atoms with Crippen LogP contribution < -0.4 is 4.90 Å². The summed E-state index contributed by atoms with van der Waals surface area (Å²) in [5.41, 5.74) is 1.16. The lowest BCUT2D eigenvalue weighted by Crippen LogP contribution is -2.47. The number of aldehydes is 1. The predicted octanol–water partition coefficient (Wildman–Crippen LogP) is 0.466. The quantitative estimate of drug-likeness (QED) is 0.562. The molecule has 1 heterocycles. The molecular weight excluding hydrogens is 220 g/mol. The fraction of sp³-hybridized carbons (Fsp3) is 0.333. The Hall–Kier alpha value is -1.88. The number of anilines is 1. The summed E-state index contributed by atoms with van der Waals surface area (Å²) in [6.07, 6.45) is 0.184. The summed E-state index contributed by atoms with van der Waals surface area (Å²) >= 11 is 0. The third-order valence-corrected chi connectivity index (χ3v) is 2.68. The van der Waals surface area contributed by atoms with Crippen molar-refractivity contribution in [2.75, 3.05) is 31.1 Å². The van der Waals surface area contributed by atoms with Crippen molar-refractivity contribution in [3.8, 4) is 0 Å². The molecular formula is C12H14N2O3. The van der Waals surface area contributed by atoms with Gasteiger partial charge in [-0.2, -0.15) is 0 Å². The van der Waals surface area contributed by atoms with Crippen LogP contribution in [0.3, 0.4) is 0 Å². The summed E-state index contributed by atoms with van der Waals surface area (Å²) in [6, 6.07) is 10.1. The second kappa shape index (κ2) is 5.45. The number of benzene rings is 1. The fourth-order valence-electron chi connectivity index (χ4n) is 1.83. The Kier molecular flexibility index (Phi) is 3.72. The minimum absolute atomic E-state index is 0.184. The number of carbonyl (C=O) groups is 2. The van der Waals surface area contributed by atoms with E-state index in [4.69, 9.17) is 4.84 Å². The topological polar surface area (TPSA) is 49.9 Å². The van der Waals surface area contributed by atoms with E-state index in [2.05, 4.69) is 4.90 Å². The molecule has 1 fully saturated rings. The molecule has 1 aromatic rings. The molecule has 0 spiro atoms. The van der Waals surface area contributed by atoms with Gasteiger partial charge in [-0.1, -0.05) is 18.2 Å². The average molecular weight is 234 g/mol. The molecule has 0 unspecified atom stereocenters. The highest BCUT2D eigenvalue weighted by atomic mass is 16.7. The van der Waals surface area contributed by atoms with Gasteiger partial charge in [0.25, 0.3) is 0 Å². The molecule has 1 aromatic carbocycles. The molecule has 0 amide bonds.